The van der Waals surface area contributed by atoms with Gasteiger partial charge in [-0.05, 0) is 87.3 Å². The van der Waals surface area contributed by atoms with Crippen LogP contribution in [0.2, 0.25) is 0 Å². The van der Waals surface area contributed by atoms with Crippen molar-refractivity contribution >= 4 is 99.7 Å². The minimum absolute atomic E-state index is 0.0174. The first kappa shape index (κ1) is 78.8. The van der Waals surface area contributed by atoms with Crippen molar-refractivity contribution in [2.45, 2.75) is 199 Å². The average Bonchev–Trinajstić information content (AvgIpc) is 1.62. The maximum atomic E-state index is 14.3. The first-order valence-electron chi connectivity index (χ1n) is 30.3. The Balaban J connectivity index is 2.38. The van der Waals surface area contributed by atoms with E-state index in [9.17, 15) is 87.2 Å². The number of nitrogens with two attached hydrogens (primary N) is 4. The van der Waals surface area contributed by atoms with Crippen LogP contribution in [0.1, 0.15) is 132 Å². The molecule has 0 bridgehead atoms. The van der Waals surface area contributed by atoms with Gasteiger partial charge in [0.15, 0.2) is 0 Å². The Kier molecular flexibility index (Phi) is 32.9. The van der Waals surface area contributed by atoms with E-state index < -0.39 is 199 Å². The maximum Gasteiger partial charge on any atom is 0.326 e. The Morgan fingerprint density at radius 3 is 1.34 bits per heavy atom. The molecule has 2 rings (SSSR count). The van der Waals surface area contributed by atoms with Crippen LogP contribution in [0.3, 0.4) is 0 Å². The van der Waals surface area contributed by atoms with Crippen LogP contribution in [-0.4, -0.2) is 182 Å². The van der Waals surface area contributed by atoms with E-state index in [1.165, 1.54) is 27.7 Å². The summed E-state index contributed by atoms with van der Waals surface area (Å²) in [6, 6.07) is -10.2. The van der Waals surface area contributed by atoms with Crippen molar-refractivity contribution in [2.24, 2.45) is 46.6 Å². The van der Waals surface area contributed by atoms with E-state index in [1.807, 2.05) is 24.3 Å². The van der Waals surface area contributed by atoms with Gasteiger partial charge in [0.2, 0.25) is 70.9 Å². The molecule has 0 aliphatic carbocycles. The molecule has 1 aromatic heterocycles. The second-order valence-corrected chi connectivity index (χ2v) is 23.8. The van der Waals surface area contributed by atoms with E-state index in [-0.39, 0.29) is 51.0 Å². The molecule has 12 atom stereocenters. The number of benzene rings is 1. The van der Waals surface area contributed by atoms with Gasteiger partial charge in [0.25, 0.3) is 0 Å². The van der Waals surface area contributed by atoms with Crippen molar-refractivity contribution in [3.8, 4) is 0 Å². The van der Waals surface area contributed by atoms with Crippen molar-refractivity contribution in [1.29, 1.82) is 0 Å². The second kappa shape index (κ2) is 38.4. The third-order valence-electron chi connectivity index (χ3n) is 14.6. The summed E-state index contributed by atoms with van der Waals surface area (Å²) < 4.78 is 0. The number of para-hydroxylation sites is 1. The van der Waals surface area contributed by atoms with Crippen molar-refractivity contribution in [2.75, 3.05) is 6.54 Å². The Morgan fingerprint density at radius 2 is 0.880 bits per heavy atom. The zero-order chi connectivity index (χ0) is 69.9. The Bertz CT molecular complexity index is 2950. The molecular weight excluding hydrogens is 1210 g/mol. The molecule has 0 aliphatic rings. The fourth-order valence-corrected chi connectivity index (χ4v) is 9.42. The van der Waals surface area contributed by atoms with Crippen molar-refractivity contribution in [3.05, 3.63) is 36.0 Å². The monoisotopic (exact) mass is 1300 g/mol. The lowest BCUT2D eigenvalue weighted by Gasteiger charge is -2.30. The largest absolute Gasteiger partial charge is 0.481 e. The number of hydrogen-bond acceptors (Lipinski definition) is 17. The van der Waals surface area contributed by atoms with Gasteiger partial charge in [0.05, 0.1) is 31.7 Å². The van der Waals surface area contributed by atoms with Crippen LogP contribution < -0.4 is 76.1 Å². The molecule has 33 nitrogen and oxygen atoms in total. The smallest absolute Gasteiger partial charge is 0.326 e. The number of carboxylic acids is 3. The summed E-state index contributed by atoms with van der Waals surface area (Å²) in [4.78, 5) is 202. The lowest BCUT2D eigenvalue weighted by atomic mass is 9.96. The fourth-order valence-electron chi connectivity index (χ4n) is 9.42. The molecule has 512 valence electrons. The van der Waals surface area contributed by atoms with Crippen LogP contribution in [0, 0.1) is 23.7 Å². The molecule has 0 saturated carbocycles. The summed E-state index contributed by atoms with van der Waals surface area (Å²) in [6.07, 6.45) is -1.59. The van der Waals surface area contributed by atoms with E-state index in [0.29, 0.717) is 12.0 Å². The number of rotatable bonds is 42. The van der Waals surface area contributed by atoms with Crippen LogP contribution in [0.4, 0.5) is 0 Å². The zero-order valence-electron chi connectivity index (χ0n) is 53.3. The van der Waals surface area contributed by atoms with Gasteiger partial charge < -0.3 is 96.4 Å². The summed E-state index contributed by atoms with van der Waals surface area (Å²) >= 11 is 0. The zero-order valence-corrected chi connectivity index (χ0v) is 53.3. The lowest BCUT2D eigenvalue weighted by molar-refractivity contribution is -0.145. The number of aromatic nitrogens is 1. The van der Waals surface area contributed by atoms with Crippen LogP contribution in [-0.2, 0) is 78.3 Å². The number of aliphatic carboxylic acids is 3. The van der Waals surface area contributed by atoms with Crippen molar-refractivity contribution in [1.82, 2.24) is 58.2 Å². The standard InChI is InChI=1S/C59H93N15O18/c1-10-30(8)48(58(90)72-41(24-45(77)78)56(88)70-40(23-44(63)76)55(87)69-38(20-28(4)5)54(86)71-42(25-46(79)80)57(89)73-47(29(6)7)59(91)92)74-51(83)36(17-13-14-18-60)66-53(85)37(19-27(2)3)67-49(81)31(9)65-52(84)39(22-43(62)75)68-50(82)34(61)21-32-26-64-35-16-12-11-15-33(32)35/h11-12,15-16,26-31,34,36-42,47-48,64H,10,13-14,17-25,60-61H2,1-9H3,(H2,62,75)(H2,63,76)(H,65,84)(H,66,85)(H,67,81)(H,68,82)(H,69,87)(H,70,88)(H,71,86)(H,72,90)(H,73,89)(H,74,83)(H,77,78)(H,79,80)(H,91,92)/t30-,31-,34-,36-,37-,38-,39-,40-,41-,42-,47-,48-/m0/s1. The number of carbonyl (C=O) groups is 15. The minimum Gasteiger partial charge on any atom is -0.481 e. The van der Waals surface area contributed by atoms with Crippen LogP contribution in [0.5, 0.6) is 0 Å². The highest BCUT2D eigenvalue weighted by atomic mass is 16.4. The Morgan fingerprint density at radius 1 is 0.478 bits per heavy atom. The predicted octanol–water partition coefficient (Wildman–Crippen LogP) is -3.39. The first-order chi connectivity index (χ1) is 43.0. The highest BCUT2D eigenvalue weighted by Gasteiger charge is 2.38. The molecule has 22 N–H and O–H groups in total. The number of H-pyrrole nitrogens is 1. The van der Waals surface area contributed by atoms with Gasteiger partial charge in [-0.25, -0.2) is 4.79 Å². The topological polar surface area (TPSA) is 557 Å². The highest BCUT2D eigenvalue weighted by molar-refractivity contribution is 6.01. The molecule has 2 aromatic rings. The van der Waals surface area contributed by atoms with Gasteiger partial charge in [-0.15, -0.1) is 0 Å². The van der Waals surface area contributed by atoms with Crippen molar-refractivity contribution in [3.63, 3.8) is 0 Å². The van der Waals surface area contributed by atoms with Gasteiger partial charge in [0.1, 0.15) is 60.4 Å². The van der Waals surface area contributed by atoms with Gasteiger partial charge in [-0.1, -0.05) is 80.0 Å². The highest BCUT2D eigenvalue weighted by Crippen LogP contribution is 2.20. The lowest BCUT2D eigenvalue weighted by Crippen LogP contribution is -2.62. The van der Waals surface area contributed by atoms with Crippen LogP contribution in [0.25, 0.3) is 10.9 Å². The average molecular weight is 1300 g/mol. The van der Waals surface area contributed by atoms with E-state index in [2.05, 4.69) is 58.2 Å². The molecule has 0 radical (unpaired) electrons. The quantitative estimate of drug-likeness (QED) is 0.0288. The number of hydrogen-bond donors (Lipinski definition) is 18. The number of aromatic amines is 1. The first-order valence-corrected chi connectivity index (χ1v) is 30.3. The molecule has 0 fully saturated rings. The fraction of sp³-hybridized carbons (Fsp3) is 0.610. The number of fused-ring (bicyclic) bond motifs is 1. The molecular formula is C59H93N15O18. The minimum atomic E-state index is -2.04. The van der Waals surface area contributed by atoms with Gasteiger partial charge in [0, 0.05) is 17.1 Å². The van der Waals surface area contributed by atoms with E-state index in [1.54, 1.807) is 40.8 Å². The van der Waals surface area contributed by atoms with E-state index in [0.717, 1.165) is 10.9 Å². The normalized spacial score (nSPS) is 15.2. The van der Waals surface area contributed by atoms with E-state index in [4.69, 9.17) is 22.9 Å². The number of unbranched alkanes of at least 4 members (excludes halogenated alkanes) is 1. The number of amides is 12. The number of nitrogens with one attached hydrogen (secondary N) is 11. The van der Waals surface area contributed by atoms with Crippen molar-refractivity contribution < 1.29 is 87.2 Å². The summed E-state index contributed by atoms with van der Waals surface area (Å²) in [5.74, 6) is -19.5. The summed E-state index contributed by atoms with van der Waals surface area (Å²) in [5, 5.41) is 53.6. The molecule has 1 aromatic carbocycles. The van der Waals surface area contributed by atoms with E-state index >= 15 is 0 Å². The van der Waals surface area contributed by atoms with Gasteiger partial charge in [-0.2, -0.15) is 0 Å². The second-order valence-electron chi connectivity index (χ2n) is 23.8. The SMILES string of the molecule is CC[C@H](C)[C@H](NC(=O)[C@H](CCCCN)NC(=O)[C@H](CC(C)C)NC(=O)[C@H](C)NC(=O)[C@H](CC(N)=O)NC(=O)[C@@H](N)Cc1c[nH]c2ccccc12)C(=O)N[C@@H](CC(=O)O)C(=O)N[C@@H](CC(N)=O)C(=O)N[C@@H](CC(C)C)C(=O)N[C@@H](CC(=O)O)C(=O)N[C@H](C(=O)O)C(C)C. The molecule has 0 aliphatic heterocycles. The van der Waals surface area contributed by atoms with Gasteiger partial charge in [-0.3, -0.25) is 67.1 Å². The third-order valence-corrected chi connectivity index (χ3v) is 14.6. The Labute approximate surface area is 532 Å². The molecule has 1 heterocycles. The Hall–Kier alpha value is -9.27. The third kappa shape index (κ3) is 27.1. The van der Waals surface area contributed by atoms with Gasteiger partial charge >= 0.3 is 17.9 Å². The molecule has 0 spiro atoms. The van der Waals surface area contributed by atoms with Crippen LogP contribution >= 0.6 is 0 Å². The molecule has 33 heteroatoms. The molecule has 0 unspecified atom stereocenters. The molecule has 12 amide bonds. The molecule has 0 saturated heterocycles. The predicted molar refractivity (Wildman–Crippen MR) is 331 cm³/mol. The maximum absolute atomic E-state index is 14.3. The number of carboxylic acid groups (broad SMARTS) is 3. The summed E-state index contributed by atoms with van der Waals surface area (Å²) in [6.45, 7) is 14.3. The molecule has 92 heavy (non-hydrogen) atoms. The van der Waals surface area contributed by atoms with Crippen LogP contribution in [0.15, 0.2) is 30.5 Å². The summed E-state index contributed by atoms with van der Waals surface area (Å²) in [5.41, 5.74) is 24.3. The number of primary amides is 2. The summed E-state index contributed by atoms with van der Waals surface area (Å²) in [7, 11) is 0. The number of carbonyl (C=O) groups excluding carboxylic acids is 12.